The largest absolute Gasteiger partial charge is 0.507 e. The Morgan fingerprint density at radius 3 is 2.36 bits per heavy atom. The molecule has 9 heteroatoms. The summed E-state index contributed by atoms with van der Waals surface area (Å²) in [5.74, 6) is -1.38. The number of carbonyl (C=O) groups excluding carboxylic acids is 1. The summed E-state index contributed by atoms with van der Waals surface area (Å²) in [6.07, 6.45) is 4.67. The first-order valence-electron chi connectivity index (χ1n) is 13.9. The van der Waals surface area contributed by atoms with E-state index in [0.717, 1.165) is 28.1 Å². The van der Waals surface area contributed by atoms with Crippen molar-refractivity contribution in [1.82, 2.24) is 14.9 Å². The number of phenols is 1. The molecule has 0 spiro atoms. The van der Waals surface area contributed by atoms with Gasteiger partial charge in [-0.25, -0.2) is 5.06 Å². The van der Waals surface area contributed by atoms with Crippen LogP contribution in [0.3, 0.4) is 0 Å². The Morgan fingerprint density at radius 2 is 1.72 bits per heavy atom. The fourth-order valence-corrected chi connectivity index (χ4v) is 6.44. The summed E-state index contributed by atoms with van der Waals surface area (Å²) < 4.78 is 13.1. The fraction of sp³-hybridized carbons (Fsp3) is 0.500. The highest BCUT2D eigenvalue weighted by Crippen LogP contribution is 2.45. The van der Waals surface area contributed by atoms with E-state index in [1.54, 1.807) is 31.7 Å². The van der Waals surface area contributed by atoms with Crippen molar-refractivity contribution in [2.45, 2.75) is 76.8 Å². The van der Waals surface area contributed by atoms with E-state index in [0.29, 0.717) is 44.0 Å². The van der Waals surface area contributed by atoms with Crippen LogP contribution in [-0.4, -0.2) is 74.2 Å². The molecule has 214 valence electrons. The standard InChI is InChI=1S/C30H44N3O5P/c1-5-11-27(33(37)28(35)19-17-23-21-31-24-14-10-15-26(34)29(23)24)32(20-6-2)25(30(36)39(3,4)38)18-16-22-12-8-7-9-13-22/h7-10,12-15,21,25,27,30-31,34,36-37H,5-6,11,16-20H2,1-4H3. The van der Waals surface area contributed by atoms with E-state index in [2.05, 4.69) is 4.98 Å². The molecule has 3 atom stereocenters. The van der Waals surface area contributed by atoms with Crippen molar-refractivity contribution in [3.8, 4) is 5.75 Å². The number of aromatic nitrogens is 1. The van der Waals surface area contributed by atoms with Crippen molar-refractivity contribution in [2.75, 3.05) is 19.9 Å². The molecule has 0 aliphatic heterocycles. The highest BCUT2D eigenvalue weighted by molar-refractivity contribution is 7.62. The molecule has 0 saturated carbocycles. The van der Waals surface area contributed by atoms with Crippen LogP contribution in [-0.2, 0) is 22.2 Å². The molecule has 0 radical (unpaired) electrons. The molecule has 0 aliphatic rings. The van der Waals surface area contributed by atoms with Crippen LogP contribution in [0.15, 0.2) is 54.7 Å². The number of amides is 1. The zero-order chi connectivity index (χ0) is 28.6. The Hall–Kier alpha value is -2.64. The molecule has 1 heterocycles. The molecule has 39 heavy (non-hydrogen) atoms. The molecule has 0 bridgehead atoms. The summed E-state index contributed by atoms with van der Waals surface area (Å²) in [7, 11) is -2.90. The first-order valence-corrected chi connectivity index (χ1v) is 16.6. The lowest BCUT2D eigenvalue weighted by atomic mass is 10.0. The number of phenolic OH excluding ortho intramolecular Hbond substituents is 1. The van der Waals surface area contributed by atoms with E-state index >= 15 is 0 Å². The second kappa shape index (κ2) is 14.1. The Bertz CT molecular complexity index is 1240. The molecular formula is C30H44N3O5P. The molecule has 0 saturated heterocycles. The molecule has 8 nitrogen and oxygen atoms in total. The van der Waals surface area contributed by atoms with Gasteiger partial charge < -0.3 is 19.8 Å². The lowest BCUT2D eigenvalue weighted by Gasteiger charge is -2.43. The maximum absolute atomic E-state index is 13.3. The van der Waals surface area contributed by atoms with Crippen LogP contribution in [0.4, 0.5) is 0 Å². The summed E-state index contributed by atoms with van der Waals surface area (Å²) in [6, 6.07) is 14.7. The molecule has 4 N–H and O–H groups in total. The number of aryl methyl sites for hydroxylation is 2. The van der Waals surface area contributed by atoms with Crippen molar-refractivity contribution in [2.24, 2.45) is 0 Å². The summed E-state index contributed by atoms with van der Waals surface area (Å²) in [6.45, 7) is 7.71. The van der Waals surface area contributed by atoms with Crippen LogP contribution in [0, 0.1) is 0 Å². The van der Waals surface area contributed by atoms with Gasteiger partial charge in [0.2, 0.25) is 5.91 Å². The topological polar surface area (TPSA) is 117 Å². The number of aromatic amines is 1. The second-order valence-corrected chi connectivity index (χ2v) is 14.1. The van der Waals surface area contributed by atoms with Crippen LogP contribution in [0.25, 0.3) is 10.9 Å². The molecular weight excluding hydrogens is 513 g/mol. The van der Waals surface area contributed by atoms with E-state index in [-0.39, 0.29) is 12.2 Å². The summed E-state index contributed by atoms with van der Waals surface area (Å²) in [5, 5.41) is 34.3. The highest BCUT2D eigenvalue weighted by atomic mass is 31.2. The van der Waals surface area contributed by atoms with Crippen LogP contribution >= 0.6 is 7.14 Å². The van der Waals surface area contributed by atoms with Gasteiger partial charge in [-0.05, 0) is 68.7 Å². The van der Waals surface area contributed by atoms with Gasteiger partial charge in [0.1, 0.15) is 24.9 Å². The summed E-state index contributed by atoms with van der Waals surface area (Å²) in [5.41, 5.74) is 2.70. The highest BCUT2D eigenvalue weighted by Gasteiger charge is 2.39. The number of benzene rings is 2. The van der Waals surface area contributed by atoms with Crippen LogP contribution in [0.2, 0.25) is 0 Å². The van der Waals surface area contributed by atoms with Crippen molar-refractivity contribution >= 4 is 24.0 Å². The normalized spacial score (nSPS) is 14.4. The Labute approximate surface area is 232 Å². The zero-order valence-electron chi connectivity index (χ0n) is 23.6. The van der Waals surface area contributed by atoms with E-state index < -0.39 is 31.1 Å². The third-order valence-electron chi connectivity index (χ3n) is 7.30. The first-order chi connectivity index (χ1) is 18.6. The van der Waals surface area contributed by atoms with Gasteiger partial charge in [0.05, 0.1) is 0 Å². The number of carbonyl (C=O) groups is 1. The Morgan fingerprint density at radius 1 is 1.00 bits per heavy atom. The SMILES string of the molecule is CCCC(N(O)C(=O)CCc1c[nH]c2cccc(O)c12)N(CCC)C(CCc1ccccc1)C(O)P(C)(C)=O. The number of nitrogens with one attached hydrogen (secondary N) is 1. The van der Waals surface area contributed by atoms with Gasteiger partial charge >= 0.3 is 0 Å². The number of nitrogens with zero attached hydrogens (tertiary/aromatic N) is 2. The number of hydrogen-bond acceptors (Lipinski definition) is 6. The third kappa shape index (κ3) is 7.95. The van der Waals surface area contributed by atoms with Crippen molar-refractivity contribution in [3.05, 3.63) is 65.9 Å². The van der Waals surface area contributed by atoms with Crippen LogP contribution < -0.4 is 0 Å². The van der Waals surface area contributed by atoms with E-state index in [9.17, 15) is 24.8 Å². The predicted molar refractivity (Wildman–Crippen MR) is 157 cm³/mol. The lowest BCUT2D eigenvalue weighted by Crippen LogP contribution is -2.56. The summed E-state index contributed by atoms with van der Waals surface area (Å²) >= 11 is 0. The number of rotatable bonds is 15. The van der Waals surface area contributed by atoms with E-state index in [1.165, 1.54) is 0 Å². The van der Waals surface area contributed by atoms with Crippen molar-refractivity contribution in [3.63, 3.8) is 0 Å². The smallest absolute Gasteiger partial charge is 0.247 e. The van der Waals surface area contributed by atoms with Gasteiger partial charge in [0.15, 0.2) is 0 Å². The van der Waals surface area contributed by atoms with Gasteiger partial charge in [-0.2, -0.15) is 0 Å². The molecule has 2 aromatic carbocycles. The lowest BCUT2D eigenvalue weighted by molar-refractivity contribution is -0.200. The maximum Gasteiger partial charge on any atom is 0.247 e. The Kier molecular flexibility index (Phi) is 11.2. The maximum atomic E-state index is 13.3. The van der Waals surface area contributed by atoms with Gasteiger partial charge in [-0.3, -0.25) is 14.9 Å². The molecule has 3 aromatic rings. The minimum absolute atomic E-state index is 0.0508. The van der Waals surface area contributed by atoms with Crippen LogP contribution in [0.1, 0.15) is 57.1 Å². The molecule has 0 aliphatic carbocycles. The third-order valence-corrected chi connectivity index (χ3v) is 8.92. The number of aliphatic hydroxyl groups excluding tert-OH is 1. The van der Waals surface area contributed by atoms with Gasteiger partial charge in [0.25, 0.3) is 0 Å². The number of fused-ring (bicyclic) bond motifs is 1. The minimum atomic E-state index is -2.90. The number of aromatic hydroxyl groups is 1. The van der Waals surface area contributed by atoms with Gasteiger partial charge in [-0.15, -0.1) is 0 Å². The number of aliphatic hydroxyl groups is 1. The number of H-pyrrole nitrogens is 1. The molecule has 1 amide bonds. The van der Waals surface area contributed by atoms with E-state index in [1.807, 2.05) is 55.1 Å². The molecule has 0 fully saturated rings. The van der Waals surface area contributed by atoms with Crippen LogP contribution in [0.5, 0.6) is 5.75 Å². The molecule has 3 unspecified atom stereocenters. The molecule has 3 rings (SSSR count). The average molecular weight is 558 g/mol. The average Bonchev–Trinajstić information content (AvgIpc) is 3.34. The number of hydrogen-bond donors (Lipinski definition) is 4. The fourth-order valence-electron chi connectivity index (χ4n) is 5.30. The molecule has 1 aromatic heterocycles. The first kappa shape index (κ1) is 30.9. The van der Waals surface area contributed by atoms with Crippen molar-refractivity contribution < 1.29 is 24.8 Å². The zero-order valence-corrected chi connectivity index (χ0v) is 24.5. The second-order valence-electron chi connectivity index (χ2n) is 10.7. The summed E-state index contributed by atoms with van der Waals surface area (Å²) in [4.78, 5) is 18.4. The number of hydroxylamine groups is 2. The predicted octanol–water partition coefficient (Wildman–Crippen LogP) is 5.80. The van der Waals surface area contributed by atoms with E-state index in [4.69, 9.17) is 0 Å². The van der Waals surface area contributed by atoms with Crippen molar-refractivity contribution in [1.29, 1.82) is 0 Å². The van der Waals surface area contributed by atoms with Gasteiger partial charge in [-0.1, -0.05) is 56.7 Å². The monoisotopic (exact) mass is 557 g/mol. The quantitative estimate of drug-likeness (QED) is 0.0812. The van der Waals surface area contributed by atoms with Gasteiger partial charge in [0, 0.05) is 36.1 Å². The minimum Gasteiger partial charge on any atom is -0.507 e. The Balaban J connectivity index is 1.84.